The molecule has 5 heteroatoms. The van der Waals surface area contributed by atoms with Crippen LogP contribution < -0.4 is 9.47 Å². The molecule has 0 atom stereocenters. The van der Waals surface area contributed by atoms with Gasteiger partial charge in [0.1, 0.15) is 0 Å². The lowest BCUT2D eigenvalue weighted by molar-refractivity contribution is -0.137. The number of aliphatic carboxylic acids is 1. The van der Waals surface area contributed by atoms with Crippen molar-refractivity contribution < 1.29 is 19.4 Å². The van der Waals surface area contributed by atoms with E-state index in [-0.39, 0.29) is 6.42 Å². The van der Waals surface area contributed by atoms with E-state index in [1.165, 1.54) is 0 Å². The van der Waals surface area contributed by atoms with Gasteiger partial charge in [-0.2, -0.15) is 5.26 Å². The van der Waals surface area contributed by atoms with Crippen molar-refractivity contribution in [1.82, 2.24) is 0 Å². The first-order valence-corrected chi connectivity index (χ1v) is 6.69. The van der Waals surface area contributed by atoms with Crippen LogP contribution in [0.4, 0.5) is 0 Å². The summed E-state index contributed by atoms with van der Waals surface area (Å²) in [5, 5.41) is 17.4. The van der Waals surface area contributed by atoms with Crippen LogP contribution in [0.1, 0.15) is 38.2 Å². The molecule has 0 aliphatic carbocycles. The van der Waals surface area contributed by atoms with Crippen LogP contribution in [0.2, 0.25) is 0 Å². The zero-order valence-corrected chi connectivity index (χ0v) is 11.6. The van der Waals surface area contributed by atoms with Crippen LogP contribution in [0.15, 0.2) is 18.2 Å². The lowest BCUT2D eigenvalue weighted by atomic mass is 10.2. The largest absolute Gasteiger partial charge is 0.490 e. The summed E-state index contributed by atoms with van der Waals surface area (Å²) >= 11 is 0. The third kappa shape index (κ3) is 5.61. The van der Waals surface area contributed by atoms with E-state index in [1.807, 2.05) is 6.92 Å². The minimum Gasteiger partial charge on any atom is -0.490 e. The Balaban J connectivity index is 2.43. The summed E-state index contributed by atoms with van der Waals surface area (Å²) in [6.45, 7) is 2.88. The molecule has 108 valence electrons. The molecule has 1 N–H and O–H groups in total. The number of nitriles is 1. The summed E-state index contributed by atoms with van der Waals surface area (Å²) in [4.78, 5) is 10.4. The second kappa shape index (κ2) is 8.81. The zero-order chi connectivity index (χ0) is 14.8. The molecule has 0 aliphatic rings. The number of carboxylic acid groups (broad SMARTS) is 1. The minimum absolute atomic E-state index is 0.195. The molecule has 0 amide bonds. The first-order chi connectivity index (χ1) is 9.67. The van der Waals surface area contributed by atoms with Crippen LogP contribution in [-0.4, -0.2) is 24.3 Å². The standard InChI is InChI=1S/C15H19NO4/c1-2-19-14-10-12(11-16)7-8-13(14)20-9-5-3-4-6-15(17)18/h7-8,10H,2-6,9H2,1H3,(H,17,18). The average molecular weight is 277 g/mol. The van der Waals surface area contributed by atoms with E-state index in [0.717, 1.165) is 12.8 Å². The Bertz CT molecular complexity index is 479. The molecule has 0 heterocycles. The Hall–Kier alpha value is -2.22. The Kier molecular flexibility index (Phi) is 6.97. The molecular weight excluding hydrogens is 258 g/mol. The molecule has 1 rings (SSSR count). The van der Waals surface area contributed by atoms with E-state index < -0.39 is 5.97 Å². The summed E-state index contributed by atoms with van der Waals surface area (Å²) < 4.78 is 11.0. The van der Waals surface area contributed by atoms with Crippen LogP contribution in [0, 0.1) is 11.3 Å². The van der Waals surface area contributed by atoms with Crippen molar-refractivity contribution in [2.24, 2.45) is 0 Å². The Morgan fingerprint density at radius 3 is 2.70 bits per heavy atom. The Morgan fingerprint density at radius 1 is 1.25 bits per heavy atom. The van der Waals surface area contributed by atoms with Gasteiger partial charge in [-0.05, 0) is 38.3 Å². The van der Waals surface area contributed by atoms with E-state index in [0.29, 0.717) is 36.7 Å². The number of carboxylic acids is 1. The van der Waals surface area contributed by atoms with Gasteiger partial charge in [0.15, 0.2) is 11.5 Å². The van der Waals surface area contributed by atoms with E-state index in [9.17, 15) is 4.79 Å². The third-order valence-corrected chi connectivity index (χ3v) is 2.67. The summed E-state index contributed by atoms with van der Waals surface area (Å²) in [6, 6.07) is 7.12. The van der Waals surface area contributed by atoms with Gasteiger partial charge in [-0.3, -0.25) is 4.79 Å². The fourth-order valence-corrected chi connectivity index (χ4v) is 1.70. The van der Waals surface area contributed by atoms with Crippen molar-refractivity contribution in [3.05, 3.63) is 23.8 Å². The van der Waals surface area contributed by atoms with Gasteiger partial charge >= 0.3 is 5.97 Å². The summed E-state index contributed by atoms with van der Waals surface area (Å²) in [6.07, 6.45) is 2.46. The predicted octanol–water partition coefficient (Wildman–Crippen LogP) is 2.98. The molecule has 20 heavy (non-hydrogen) atoms. The van der Waals surface area contributed by atoms with Crippen LogP contribution in [0.3, 0.4) is 0 Å². The molecule has 0 fully saturated rings. The number of rotatable bonds is 9. The van der Waals surface area contributed by atoms with Crippen molar-refractivity contribution in [1.29, 1.82) is 5.26 Å². The number of hydrogen-bond donors (Lipinski definition) is 1. The number of ether oxygens (including phenoxy) is 2. The maximum absolute atomic E-state index is 10.4. The molecule has 0 aromatic heterocycles. The lowest BCUT2D eigenvalue weighted by Crippen LogP contribution is -2.02. The smallest absolute Gasteiger partial charge is 0.303 e. The predicted molar refractivity (Wildman–Crippen MR) is 73.9 cm³/mol. The van der Waals surface area contributed by atoms with E-state index in [4.69, 9.17) is 19.8 Å². The van der Waals surface area contributed by atoms with E-state index in [2.05, 4.69) is 6.07 Å². The van der Waals surface area contributed by atoms with Crippen molar-refractivity contribution in [2.75, 3.05) is 13.2 Å². The molecule has 0 aliphatic heterocycles. The van der Waals surface area contributed by atoms with Crippen LogP contribution in [0.25, 0.3) is 0 Å². The summed E-state index contributed by atoms with van der Waals surface area (Å²) in [5.74, 6) is 0.415. The number of nitrogens with zero attached hydrogens (tertiary/aromatic N) is 1. The molecule has 0 saturated carbocycles. The van der Waals surface area contributed by atoms with Gasteiger partial charge in [-0.1, -0.05) is 0 Å². The molecule has 0 unspecified atom stereocenters. The summed E-state index contributed by atoms with van der Waals surface area (Å²) in [5.41, 5.74) is 0.530. The van der Waals surface area contributed by atoms with Crippen LogP contribution >= 0.6 is 0 Å². The minimum atomic E-state index is -0.767. The molecule has 0 saturated heterocycles. The zero-order valence-electron chi connectivity index (χ0n) is 11.6. The highest BCUT2D eigenvalue weighted by Crippen LogP contribution is 2.28. The second-order valence-electron chi connectivity index (χ2n) is 4.26. The van der Waals surface area contributed by atoms with Crippen molar-refractivity contribution in [2.45, 2.75) is 32.6 Å². The van der Waals surface area contributed by atoms with Gasteiger partial charge in [0.25, 0.3) is 0 Å². The molecule has 1 aromatic carbocycles. The van der Waals surface area contributed by atoms with Crippen molar-refractivity contribution >= 4 is 5.97 Å². The highest BCUT2D eigenvalue weighted by molar-refractivity contribution is 5.66. The molecular formula is C15H19NO4. The highest BCUT2D eigenvalue weighted by atomic mass is 16.5. The SMILES string of the molecule is CCOc1cc(C#N)ccc1OCCCCCC(=O)O. The maximum atomic E-state index is 10.4. The molecule has 0 bridgehead atoms. The first-order valence-electron chi connectivity index (χ1n) is 6.69. The number of hydrogen-bond acceptors (Lipinski definition) is 4. The fraction of sp³-hybridized carbons (Fsp3) is 0.467. The second-order valence-corrected chi connectivity index (χ2v) is 4.26. The molecule has 5 nitrogen and oxygen atoms in total. The van der Waals surface area contributed by atoms with Gasteiger partial charge in [-0.15, -0.1) is 0 Å². The van der Waals surface area contributed by atoms with Gasteiger partial charge in [0.2, 0.25) is 0 Å². The van der Waals surface area contributed by atoms with Gasteiger partial charge in [0.05, 0.1) is 24.8 Å². The Labute approximate surface area is 118 Å². The first kappa shape index (κ1) is 15.8. The average Bonchev–Trinajstić information content (AvgIpc) is 2.43. The molecule has 0 radical (unpaired) electrons. The normalized spacial score (nSPS) is 9.80. The number of carbonyl (C=O) groups is 1. The van der Waals surface area contributed by atoms with E-state index in [1.54, 1.807) is 18.2 Å². The lowest BCUT2D eigenvalue weighted by Gasteiger charge is -2.11. The fourth-order valence-electron chi connectivity index (χ4n) is 1.70. The third-order valence-electron chi connectivity index (χ3n) is 2.67. The number of benzene rings is 1. The van der Waals surface area contributed by atoms with Gasteiger partial charge in [0, 0.05) is 12.5 Å². The summed E-state index contributed by atoms with van der Waals surface area (Å²) in [7, 11) is 0. The topological polar surface area (TPSA) is 79.5 Å². The van der Waals surface area contributed by atoms with E-state index >= 15 is 0 Å². The van der Waals surface area contributed by atoms with Crippen molar-refractivity contribution in [3.63, 3.8) is 0 Å². The monoisotopic (exact) mass is 277 g/mol. The van der Waals surface area contributed by atoms with Gasteiger partial charge < -0.3 is 14.6 Å². The molecule has 1 aromatic rings. The van der Waals surface area contributed by atoms with Crippen LogP contribution in [0.5, 0.6) is 11.5 Å². The number of unbranched alkanes of at least 4 members (excludes halogenated alkanes) is 2. The maximum Gasteiger partial charge on any atom is 0.303 e. The van der Waals surface area contributed by atoms with Crippen LogP contribution in [-0.2, 0) is 4.79 Å². The Morgan fingerprint density at radius 2 is 2.05 bits per heavy atom. The van der Waals surface area contributed by atoms with Crippen molar-refractivity contribution in [3.8, 4) is 17.6 Å². The molecule has 0 spiro atoms. The van der Waals surface area contributed by atoms with Gasteiger partial charge in [-0.25, -0.2) is 0 Å². The highest BCUT2D eigenvalue weighted by Gasteiger charge is 2.06. The quantitative estimate of drug-likeness (QED) is 0.702.